The molecule has 5 saturated carbocycles. The Morgan fingerprint density at radius 1 is 0.907 bits per heavy atom. The van der Waals surface area contributed by atoms with E-state index >= 15 is 0 Å². The third-order valence-electron chi connectivity index (χ3n) is 10.8. The van der Waals surface area contributed by atoms with Gasteiger partial charge in [-0.15, -0.1) is 0 Å². The number of anilines is 1. The molecule has 43 heavy (non-hydrogen) atoms. The SMILES string of the molecule is CC[C@H](C(=O)NC1CCCC1)N(Cc1ccccc1)C(=O)CN(c1ccc(C23CC4CC(CC(C4)C2)C3)cc1)S(C)(=O)=O. The third kappa shape index (κ3) is 6.50. The molecule has 2 aromatic carbocycles. The van der Waals surface area contributed by atoms with Crippen molar-refractivity contribution in [1.82, 2.24) is 10.2 Å². The molecular formula is C35H47N3O4S. The van der Waals surface area contributed by atoms with Crippen molar-refractivity contribution in [1.29, 1.82) is 0 Å². The molecule has 0 heterocycles. The van der Waals surface area contributed by atoms with Crippen LogP contribution in [0.3, 0.4) is 0 Å². The van der Waals surface area contributed by atoms with Crippen molar-refractivity contribution in [2.45, 2.75) is 102 Å². The first-order valence-electron chi connectivity index (χ1n) is 16.4. The van der Waals surface area contributed by atoms with Crippen molar-refractivity contribution in [2.75, 3.05) is 17.1 Å². The van der Waals surface area contributed by atoms with Gasteiger partial charge in [-0.3, -0.25) is 13.9 Å². The number of hydrogen-bond donors (Lipinski definition) is 1. The Balaban J connectivity index is 1.24. The maximum absolute atomic E-state index is 14.1. The largest absolute Gasteiger partial charge is 0.352 e. The Morgan fingerprint density at radius 2 is 1.49 bits per heavy atom. The zero-order chi connectivity index (χ0) is 30.2. The Morgan fingerprint density at radius 3 is 2.02 bits per heavy atom. The van der Waals surface area contributed by atoms with Gasteiger partial charge in [-0.1, -0.05) is 62.2 Å². The summed E-state index contributed by atoms with van der Waals surface area (Å²) in [7, 11) is -3.76. The van der Waals surface area contributed by atoms with E-state index in [0.717, 1.165) is 55.3 Å². The standard InChI is InChI=1S/C35H47N3O4S/c1-3-32(34(40)36-30-11-7-8-12-30)37(23-25-9-5-4-6-10-25)33(39)24-38(43(2,41)42)31-15-13-29(14-16-31)35-20-26-17-27(21-35)19-28(18-26)22-35/h4-6,9-10,13-16,26-28,30,32H,3,7-8,11-12,17-24H2,1-2H3,(H,36,40)/t26?,27?,28?,32-,35?/m1/s1. The molecule has 7 rings (SSSR count). The first-order valence-corrected chi connectivity index (χ1v) is 18.2. The zero-order valence-corrected chi connectivity index (χ0v) is 26.5. The summed E-state index contributed by atoms with van der Waals surface area (Å²) in [6, 6.07) is 17.0. The maximum atomic E-state index is 14.1. The van der Waals surface area contributed by atoms with E-state index < -0.39 is 16.1 Å². The Kier molecular flexibility index (Phi) is 8.60. The number of benzene rings is 2. The Hall–Kier alpha value is -2.87. The molecule has 232 valence electrons. The molecule has 5 aliphatic rings. The fourth-order valence-electron chi connectivity index (χ4n) is 9.13. The van der Waals surface area contributed by atoms with Crippen molar-refractivity contribution in [3.8, 4) is 0 Å². The highest BCUT2D eigenvalue weighted by atomic mass is 32.2. The van der Waals surface area contributed by atoms with Gasteiger partial charge >= 0.3 is 0 Å². The Bertz CT molecular complexity index is 1370. The molecule has 1 N–H and O–H groups in total. The highest BCUT2D eigenvalue weighted by molar-refractivity contribution is 7.92. The van der Waals surface area contributed by atoms with E-state index in [0.29, 0.717) is 12.1 Å². The van der Waals surface area contributed by atoms with Crippen LogP contribution < -0.4 is 9.62 Å². The number of carbonyl (C=O) groups is 2. The van der Waals surface area contributed by atoms with E-state index in [1.165, 1.54) is 48.4 Å². The molecule has 5 aliphatic carbocycles. The molecule has 2 aromatic rings. The van der Waals surface area contributed by atoms with Crippen LogP contribution in [-0.2, 0) is 31.6 Å². The van der Waals surface area contributed by atoms with Crippen LogP contribution in [0.5, 0.6) is 0 Å². The van der Waals surface area contributed by atoms with Gasteiger partial charge in [0.25, 0.3) is 0 Å². The van der Waals surface area contributed by atoms with E-state index in [4.69, 9.17) is 0 Å². The molecule has 5 fully saturated rings. The van der Waals surface area contributed by atoms with E-state index in [9.17, 15) is 18.0 Å². The summed E-state index contributed by atoms with van der Waals surface area (Å²) in [5.74, 6) is 1.93. The van der Waals surface area contributed by atoms with Gasteiger partial charge in [-0.05, 0) is 104 Å². The van der Waals surface area contributed by atoms with Crippen LogP contribution in [0.4, 0.5) is 5.69 Å². The topological polar surface area (TPSA) is 86.8 Å². The fourth-order valence-corrected chi connectivity index (χ4v) is 9.98. The average molecular weight is 606 g/mol. The smallest absolute Gasteiger partial charge is 0.244 e. The zero-order valence-electron chi connectivity index (χ0n) is 25.7. The molecule has 2 amide bonds. The lowest BCUT2D eigenvalue weighted by atomic mass is 9.48. The summed E-state index contributed by atoms with van der Waals surface area (Å²) >= 11 is 0. The number of hydrogen-bond acceptors (Lipinski definition) is 4. The lowest BCUT2D eigenvalue weighted by molar-refractivity contribution is -0.140. The Labute approximate surface area is 257 Å². The second-order valence-electron chi connectivity index (χ2n) is 13.9. The molecule has 0 spiro atoms. The van der Waals surface area contributed by atoms with Crippen molar-refractivity contribution < 1.29 is 18.0 Å². The summed E-state index contributed by atoms with van der Waals surface area (Å²) in [4.78, 5) is 29.1. The van der Waals surface area contributed by atoms with E-state index in [-0.39, 0.29) is 36.4 Å². The molecule has 7 nitrogen and oxygen atoms in total. The van der Waals surface area contributed by atoms with Gasteiger partial charge in [0.05, 0.1) is 11.9 Å². The molecule has 0 radical (unpaired) electrons. The molecule has 8 heteroatoms. The van der Waals surface area contributed by atoms with Gasteiger partial charge in [0.2, 0.25) is 21.8 Å². The van der Waals surface area contributed by atoms with Crippen LogP contribution in [0.25, 0.3) is 0 Å². The van der Waals surface area contributed by atoms with Gasteiger partial charge in [0, 0.05) is 12.6 Å². The summed E-state index contributed by atoms with van der Waals surface area (Å²) in [5, 5.41) is 3.16. The molecule has 1 atom stereocenters. The first kappa shape index (κ1) is 30.2. The van der Waals surface area contributed by atoms with Crippen LogP contribution in [-0.4, -0.2) is 50.0 Å². The van der Waals surface area contributed by atoms with Crippen molar-refractivity contribution in [2.24, 2.45) is 17.8 Å². The minimum atomic E-state index is -3.76. The number of rotatable bonds is 11. The quantitative estimate of drug-likeness (QED) is 0.352. The highest BCUT2D eigenvalue weighted by Crippen LogP contribution is 2.60. The van der Waals surface area contributed by atoms with Gasteiger partial charge in [-0.2, -0.15) is 0 Å². The van der Waals surface area contributed by atoms with E-state index in [1.54, 1.807) is 4.90 Å². The first-order chi connectivity index (χ1) is 20.6. The molecule has 0 aromatic heterocycles. The van der Waals surface area contributed by atoms with Gasteiger partial charge in [0.1, 0.15) is 12.6 Å². The van der Waals surface area contributed by atoms with Crippen molar-refractivity contribution in [3.63, 3.8) is 0 Å². The number of nitrogens with zero attached hydrogens (tertiary/aromatic N) is 2. The van der Waals surface area contributed by atoms with Crippen LogP contribution in [0.2, 0.25) is 0 Å². The van der Waals surface area contributed by atoms with Crippen molar-refractivity contribution in [3.05, 3.63) is 65.7 Å². The lowest BCUT2D eigenvalue weighted by Gasteiger charge is -2.57. The van der Waals surface area contributed by atoms with Crippen LogP contribution in [0, 0.1) is 17.8 Å². The highest BCUT2D eigenvalue weighted by Gasteiger charge is 2.51. The fraction of sp³-hybridized carbons (Fsp3) is 0.600. The maximum Gasteiger partial charge on any atom is 0.244 e. The van der Waals surface area contributed by atoms with Crippen LogP contribution in [0.1, 0.15) is 88.7 Å². The molecule has 0 unspecified atom stereocenters. The third-order valence-corrected chi connectivity index (χ3v) is 11.9. The molecule has 0 aliphatic heterocycles. The van der Waals surface area contributed by atoms with E-state index in [2.05, 4.69) is 17.4 Å². The van der Waals surface area contributed by atoms with Crippen LogP contribution >= 0.6 is 0 Å². The minimum absolute atomic E-state index is 0.134. The monoisotopic (exact) mass is 605 g/mol. The van der Waals surface area contributed by atoms with Gasteiger partial charge < -0.3 is 10.2 Å². The summed E-state index contributed by atoms with van der Waals surface area (Å²) in [5.41, 5.74) is 2.92. The normalized spacial score (nSPS) is 27.2. The predicted octanol–water partition coefficient (Wildman–Crippen LogP) is 5.79. The van der Waals surface area contributed by atoms with Crippen molar-refractivity contribution >= 4 is 27.5 Å². The number of nitrogens with one attached hydrogen (secondary N) is 1. The summed E-state index contributed by atoms with van der Waals surface area (Å²) in [6.07, 6.45) is 13.5. The number of amides is 2. The lowest BCUT2D eigenvalue weighted by Crippen LogP contribution is -2.53. The van der Waals surface area contributed by atoms with Gasteiger partial charge in [-0.25, -0.2) is 8.42 Å². The minimum Gasteiger partial charge on any atom is -0.352 e. The average Bonchev–Trinajstić information content (AvgIpc) is 3.48. The predicted molar refractivity (Wildman–Crippen MR) is 170 cm³/mol. The molecular weight excluding hydrogens is 558 g/mol. The number of sulfonamides is 1. The van der Waals surface area contributed by atoms with Crippen LogP contribution in [0.15, 0.2) is 54.6 Å². The summed E-state index contributed by atoms with van der Waals surface area (Å²) in [6.45, 7) is 1.79. The molecule has 4 bridgehead atoms. The second kappa shape index (κ2) is 12.3. The van der Waals surface area contributed by atoms with E-state index in [1.807, 2.05) is 49.4 Å². The molecule has 0 saturated heterocycles. The van der Waals surface area contributed by atoms with Gasteiger partial charge in [0.15, 0.2) is 0 Å². The summed E-state index contributed by atoms with van der Waals surface area (Å²) < 4.78 is 27.5. The number of carbonyl (C=O) groups excluding carboxylic acids is 2. The second-order valence-corrected chi connectivity index (χ2v) is 15.8.